The lowest BCUT2D eigenvalue weighted by Gasteiger charge is -2.30. The first-order valence-electron chi connectivity index (χ1n) is 9.92. The van der Waals surface area contributed by atoms with Crippen molar-refractivity contribution in [3.05, 3.63) is 33.9 Å². The molecule has 0 spiro atoms. The largest absolute Gasteiger partial charge is 0.380 e. The monoisotopic (exact) mass is 391 g/mol. The minimum atomic E-state index is -0.858. The quantitative estimate of drug-likeness (QED) is 0.416. The van der Waals surface area contributed by atoms with Crippen LogP contribution in [0.1, 0.15) is 56.8 Å². The fourth-order valence-electron chi connectivity index (χ4n) is 3.86. The van der Waals surface area contributed by atoms with Crippen molar-refractivity contribution in [1.29, 1.82) is 0 Å². The molecule has 0 amide bonds. The standard InChI is InChI=1S/C20H29N3O5/c1-20(2,3)28-27-19(24)17-9-8-15(13-18(17)23(25)26)22-12-6-7-16(22)14-21-10-4-5-11-21/h8-9,13,16H,4-7,10-12,14H2,1-3H3/t16-/m0/s1. The zero-order valence-electron chi connectivity index (χ0n) is 16.8. The van der Waals surface area contributed by atoms with Crippen molar-refractivity contribution in [2.45, 2.75) is 58.1 Å². The second kappa shape index (κ2) is 8.45. The van der Waals surface area contributed by atoms with E-state index in [0.29, 0.717) is 6.04 Å². The lowest BCUT2D eigenvalue weighted by molar-refractivity contribution is -0.385. The number of carbonyl (C=O) groups is 1. The third-order valence-corrected chi connectivity index (χ3v) is 5.14. The zero-order valence-corrected chi connectivity index (χ0v) is 16.8. The summed E-state index contributed by atoms with van der Waals surface area (Å²) in [6.07, 6.45) is 4.63. The highest BCUT2D eigenvalue weighted by atomic mass is 17.2. The van der Waals surface area contributed by atoms with Crippen LogP contribution in [0.25, 0.3) is 0 Å². The van der Waals surface area contributed by atoms with Crippen LogP contribution in [0.3, 0.4) is 0 Å². The second-order valence-corrected chi connectivity index (χ2v) is 8.52. The van der Waals surface area contributed by atoms with Gasteiger partial charge in [0, 0.05) is 30.9 Å². The first kappa shape index (κ1) is 20.5. The average Bonchev–Trinajstić information content (AvgIpc) is 3.31. The molecule has 154 valence electrons. The number of nitro groups is 1. The van der Waals surface area contributed by atoms with Crippen LogP contribution in [0.15, 0.2) is 18.2 Å². The van der Waals surface area contributed by atoms with Crippen molar-refractivity contribution in [2.24, 2.45) is 0 Å². The van der Waals surface area contributed by atoms with Gasteiger partial charge in [-0.25, -0.2) is 4.79 Å². The highest BCUT2D eigenvalue weighted by Gasteiger charge is 2.31. The normalized spacial score (nSPS) is 20.5. The molecule has 0 unspecified atom stereocenters. The summed E-state index contributed by atoms with van der Waals surface area (Å²) in [4.78, 5) is 37.8. The molecule has 8 heteroatoms. The summed E-state index contributed by atoms with van der Waals surface area (Å²) in [7, 11) is 0. The van der Waals surface area contributed by atoms with Crippen molar-refractivity contribution >= 4 is 17.3 Å². The van der Waals surface area contributed by atoms with Gasteiger partial charge in [0.2, 0.25) is 0 Å². The van der Waals surface area contributed by atoms with Gasteiger partial charge in [-0.15, -0.1) is 0 Å². The Morgan fingerprint density at radius 2 is 1.93 bits per heavy atom. The van der Waals surface area contributed by atoms with Gasteiger partial charge in [0.05, 0.1) is 4.92 Å². The van der Waals surface area contributed by atoms with E-state index >= 15 is 0 Å². The molecule has 0 aliphatic carbocycles. The molecule has 2 aliphatic rings. The lowest BCUT2D eigenvalue weighted by atomic mass is 10.1. The molecule has 0 aromatic heterocycles. The van der Waals surface area contributed by atoms with Gasteiger partial charge in [-0.3, -0.25) is 15.0 Å². The van der Waals surface area contributed by atoms with E-state index in [1.54, 1.807) is 26.8 Å². The SMILES string of the molecule is CC(C)(C)OOC(=O)c1ccc(N2CCC[C@H]2CN2CCCC2)cc1[N+](=O)[O-]. The van der Waals surface area contributed by atoms with E-state index in [-0.39, 0.29) is 11.3 Å². The molecular weight excluding hydrogens is 362 g/mol. The van der Waals surface area contributed by atoms with Gasteiger partial charge >= 0.3 is 5.97 Å². The molecule has 8 nitrogen and oxygen atoms in total. The van der Waals surface area contributed by atoms with Crippen LogP contribution in [0.5, 0.6) is 0 Å². The molecule has 1 atom stereocenters. The Morgan fingerprint density at radius 1 is 1.21 bits per heavy atom. The summed E-state index contributed by atoms with van der Waals surface area (Å²) >= 11 is 0. The Balaban J connectivity index is 1.77. The van der Waals surface area contributed by atoms with E-state index in [1.807, 2.05) is 0 Å². The molecule has 0 bridgehead atoms. The number of nitro benzene ring substituents is 1. The summed E-state index contributed by atoms with van der Waals surface area (Å²) < 4.78 is 0. The number of benzene rings is 1. The number of anilines is 1. The van der Waals surface area contributed by atoms with E-state index in [9.17, 15) is 14.9 Å². The topological polar surface area (TPSA) is 85.2 Å². The molecule has 3 rings (SSSR count). The second-order valence-electron chi connectivity index (χ2n) is 8.52. The smallest absolute Gasteiger partial charge is 0.367 e. The highest BCUT2D eigenvalue weighted by Crippen LogP contribution is 2.32. The Morgan fingerprint density at radius 3 is 2.57 bits per heavy atom. The zero-order chi connectivity index (χ0) is 20.3. The number of likely N-dealkylation sites (tertiary alicyclic amines) is 1. The van der Waals surface area contributed by atoms with Crippen LogP contribution in [0, 0.1) is 10.1 Å². The van der Waals surface area contributed by atoms with Gasteiger partial charge in [-0.2, -0.15) is 4.89 Å². The van der Waals surface area contributed by atoms with Crippen molar-refractivity contribution in [3.8, 4) is 0 Å². The van der Waals surface area contributed by atoms with Crippen LogP contribution in [-0.4, -0.2) is 53.6 Å². The van der Waals surface area contributed by atoms with Crippen LogP contribution < -0.4 is 4.90 Å². The lowest BCUT2D eigenvalue weighted by Crippen LogP contribution is -2.39. The molecule has 2 heterocycles. The van der Waals surface area contributed by atoms with Crippen LogP contribution in [0.2, 0.25) is 0 Å². The molecule has 2 saturated heterocycles. The summed E-state index contributed by atoms with van der Waals surface area (Å²) in [5.41, 5.74) is -0.273. The Labute approximate surface area is 165 Å². The molecule has 0 radical (unpaired) electrons. The molecule has 1 aromatic carbocycles. The predicted octanol–water partition coefficient (Wildman–Crippen LogP) is 3.55. The summed E-state index contributed by atoms with van der Waals surface area (Å²) in [6, 6.07) is 5.06. The van der Waals surface area contributed by atoms with Gasteiger partial charge < -0.3 is 9.80 Å². The molecule has 0 saturated carbocycles. The van der Waals surface area contributed by atoms with Gasteiger partial charge in [0.1, 0.15) is 11.2 Å². The minimum Gasteiger partial charge on any atom is -0.367 e. The van der Waals surface area contributed by atoms with Gasteiger partial charge in [0.25, 0.3) is 5.69 Å². The van der Waals surface area contributed by atoms with Gasteiger partial charge in [-0.1, -0.05) is 0 Å². The van der Waals surface area contributed by atoms with Crippen LogP contribution in [0.4, 0.5) is 11.4 Å². The van der Waals surface area contributed by atoms with E-state index in [0.717, 1.165) is 44.7 Å². The number of carbonyl (C=O) groups excluding carboxylic acids is 1. The third kappa shape index (κ3) is 4.99. The molecule has 0 N–H and O–H groups in total. The average molecular weight is 391 g/mol. The maximum atomic E-state index is 12.3. The van der Waals surface area contributed by atoms with E-state index in [4.69, 9.17) is 9.78 Å². The Kier molecular flexibility index (Phi) is 6.20. The van der Waals surface area contributed by atoms with Crippen molar-refractivity contribution in [2.75, 3.05) is 31.1 Å². The van der Waals surface area contributed by atoms with E-state index < -0.39 is 16.5 Å². The molecule has 1 aromatic rings. The number of nitrogens with zero attached hydrogens (tertiary/aromatic N) is 3. The van der Waals surface area contributed by atoms with Gasteiger partial charge in [0.15, 0.2) is 0 Å². The van der Waals surface area contributed by atoms with E-state index in [2.05, 4.69) is 9.80 Å². The third-order valence-electron chi connectivity index (χ3n) is 5.14. The van der Waals surface area contributed by atoms with Crippen molar-refractivity contribution < 1.29 is 19.5 Å². The van der Waals surface area contributed by atoms with Crippen molar-refractivity contribution in [1.82, 2.24) is 4.90 Å². The minimum absolute atomic E-state index is 0.103. The van der Waals surface area contributed by atoms with Crippen molar-refractivity contribution in [3.63, 3.8) is 0 Å². The molecule has 2 aliphatic heterocycles. The number of hydrogen-bond acceptors (Lipinski definition) is 7. The fourth-order valence-corrected chi connectivity index (χ4v) is 3.86. The number of rotatable bonds is 6. The Hall–Kier alpha value is -2.19. The summed E-state index contributed by atoms with van der Waals surface area (Å²) in [5.74, 6) is -0.858. The summed E-state index contributed by atoms with van der Waals surface area (Å²) in [5, 5.41) is 11.6. The predicted molar refractivity (Wildman–Crippen MR) is 105 cm³/mol. The highest BCUT2D eigenvalue weighted by molar-refractivity contribution is 5.94. The maximum absolute atomic E-state index is 12.3. The molecule has 28 heavy (non-hydrogen) atoms. The van der Waals surface area contributed by atoms with Gasteiger partial charge in [-0.05, 0) is 71.7 Å². The maximum Gasteiger partial charge on any atom is 0.380 e. The van der Waals surface area contributed by atoms with Crippen LogP contribution in [-0.2, 0) is 9.78 Å². The molecular formula is C20H29N3O5. The first-order chi connectivity index (χ1) is 13.2. The molecule has 2 fully saturated rings. The summed E-state index contributed by atoms with van der Waals surface area (Å²) in [6.45, 7) is 9.29. The number of hydrogen-bond donors (Lipinski definition) is 0. The van der Waals surface area contributed by atoms with E-state index in [1.165, 1.54) is 25.0 Å². The first-order valence-corrected chi connectivity index (χ1v) is 9.92. The fraction of sp³-hybridized carbons (Fsp3) is 0.650. The Bertz CT molecular complexity index is 725. The van der Waals surface area contributed by atoms with Crippen LogP contribution >= 0.6 is 0 Å².